The van der Waals surface area contributed by atoms with Crippen molar-refractivity contribution in [2.75, 3.05) is 0 Å². The van der Waals surface area contributed by atoms with Crippen LogP contribution in [0.2, 0.25) is 0 Å². The molecule has 0 aromatic heterocycles. The number of halogens is 3. The van der Waals surface area contributed by atoms with Gasteiger partial charge in [-0.2, -0.15) is 13.2 Å². The summed E-state index contributed by atoms with van der Waals surface area (Å²) in [6.07, 6.45) is -5.82. The van der Waals surface area contributed by atoms with Crippen LogP contribution in [-0.2, 0) is 9.53 Å². The molecule has 0 aromatic carbocycles. The second-order valence-electron chi connectivity index (χ2n) is 4.53. The Morgan fingerprint density at radius 3 is 2.18 bits per heavy atom. The minimum atomic E-state index is -4.73. The van der Waals surface area contributed by atoms with Gasteiger partial charge in [-0.15, -0.1) is 0 Å². The van der Waals surface area contributed by atoms with E-state index in [4.69, 9.17) is 4.74 Å². The highest BCUT2D eigenvalue weighted by molar-refractivity contribution is 5.72. The number of carbonyl (C=O) groups excluding carboxylic acids is 1. The summed E-state index contributed by atoms with van der Waals surface area (Å²) in [4.78, 5) is 11.3. The number of carbonyl (C=O) groups is 1. The largest absolute Gasteiger partial charge is 0.462 e. The van der Waals surface area contributed by atoms with E-state index >= 15 is 0 Å². The molecule has 3 nitrogen and oxygen atoms in total. The molecule has 0 saturated carbocycles. The Morgan fingerprint density at radius 1 is 1.35 bits per heavy atom. The van der Waals surface area contributed by atoms with E-state index in [0.29, 0.717) is 13.3 Å². The minimum absolute atomic E-state index is 0.353. The molecular formula is C11H19F3O3. The monoisotopic (exact) mass is 256 g/mol. The van der Waals surface area contributed by atoms with Crippen LogP contribution in [0, 0.1) is 5.92 Å². The summed E-state index contributed by atoms with van der Waals surface area (Å²) < 4.78 is 41.9. The van der Waals surface area contributed by atoms with Gasteiger partial charge in [-0.05, 0) is 20.3 Å². The van der Waals surface area contributed by atoms with Crippen molar-refractivity contribution in [2.45, 2.75) is 58.4 Å². The van der Waals surface area contributed by atoms with Gasteiger partial charge in [-0.1, -0.05) is 13.8 Å². The number of aliphatic hydroxyl groups is 1. The normalized spacial score (nSPS) is 19.3. The highest BCUT2D eigenvalue weighted by Gasteiger charge is 2.50. The fourth-order valence-electron chi connectivity index (χ4n) is 1.20. The third-order valence-corrected chi connectivity index (χ3v) is 2.63. The van der Waals surface area contributed by atoms with E-state index in [1.54, 1.807) is 13.8 Å². The molecule has 0 radical (unpaired) electrons. The summed E-state index contributed by atoms with van der Waals surface area (Å²) >= 11 is 0. The lowest BCUT2D eigenvalue weighted by atomic mass is 9.98. The SMILES string of the molecule is CCC(C)C(=O)OC(C)CC(C)(O)C(F)(F)F. The molecule has 1 N–H and O–H groups in total. The van der Waals surface area contributed by atoms with Gasteiger partial charge in [0.1, 0.15) is 6.10 Å². The molecule has 0 spiro atoms. The van der Waals surface area contributed by atoms with Gasteiger partial charge in [0, 0.05) is 6.42 Å². The van der Waals surface area contributed by atoms with Gasteiger partial charge in [-0.3, -0.25) is 4.79 Å². The number of hydrogen-bond donors (Lipinski definition) is 1. The van der Waals surface area contributed by atoms with Gasteiger partial charge in [0.2, 0.25) is 0 Å². The Balaban J connectivity index is 4.37. The Hall–Kier alpha value is -0.780. The highest BCUT2D eigenvalue weighted by atomic mass is 19.4. The average molecular weight is 256 g/mol. The standard InChI is InChI=1S/C11H19F3O3/c1-5-7(2)9(15)17-8(3)6-10(4,16)11(12,13)14/h7-8,16H,5-6H2,1-4H3. The summed E-state index contributed by atoms with van der Waals surface area (Å²) in [7, 11) is 0. The van der Waals surface area contributed by atoms with Crippen LogP contribution in [0.15, 0.2) is 0 Å². The van der Waals surface area contributed by atoms with Gasteiger partial charge < -0.3 is 9.84 Å². The van der Waals surface area contributed by atoms with Gasteiger partial charge in [0.15, 0.2) is 5.60 Å². The van der Waals surface area contributed by atoms with Crippen molar-refractivity contribution in [2.24, 2.45) is 5.92 Å². The van der Waals surface area contributed by atoms with E-state index in [2.05, 4.69) is 0 Å². The molecular weight excluding hydrogens is 237 g/mol. The summed E-state index contributed by atoms with van der Waals surface area (Å²) in [5, 5.41) is 9.21. The molecule has 3 atom stereocenters. The van der Waals surface area contributed by atoms with Crippen molar-refractivity contribution < 1.29 is 27.8 Å². The van der Waals surface area contributed by atoms with Crippen molar-refractivity contribution in [3.8, 4) is 0 Å². The van der Waals surface area contributed by atoms with Crippen LogP contribution in [0.3, 0.4) is 0 Å². The third kappa shape index (κ3) is 4.93. The number of rotatable bonds is 5. The summed E-state index contributed by atoms with van der Waals surface area (Å²) in [6, 6.07) is 0. The molecule has 102 valence electrons. The van der Waals surface area contributed by atoms with Crippen LogP contribution in [0.5, 0.6) is 0 Å². The van der Waals surface area contributed by atoms with Crippen molar-refractivity contribution in [1.82, 2.24) is 0 Å². The van der Waals surface area contributed by atoms with Gasteiger partial charge in [-0.25, -0.2) is 0 Å². The zero-order valence-electron chi connectivity index (χ0n) is 10.5. The van der Waals surface area contributed by atoms with Crippen molar-refractivity contribution >= 4 is 5.97 Å². The molecule has 6 heteroatoms. The lowest BCUT2D eigenvalue weighted by Crippen LogP contribution is -2.45. The van der Waals surface area contributed by atoms with Crippen LogP contribution in [0.25, 0.3) is 0 Å². The van der Waals surface area contributed by atoms with E-state index < -0.39 is 30.3 Å². The number of hydrogen-bond acceptors (Lipinski definition) is 3. The number of ether oxygens (including phenoxy) is 1. The topological polar surface area (TPSA) is 46.5 Å². The van der Waals surface area contributed by atoms with Gasteiger partial charge in [0.25, 0.3) is 0 Å². The van der Waals surface area contributed by atoms with Crippen LogP contribution in [-0.4, -0.2) is 29.0 Å². The summed E-state index contributed by atoms with van der Waals surface area (Å²) in [5.74, 6) is -0.897. The quantitative estimate of drug-likeness (QED) is 0.769. The van der Waals surface area contributed by atoms with Crippen molar-refractivity contribution in [3.05, 3.63) is 0 Å². The van der Waals surface area contributed by atoms with E-state index in [-0.39, 0.29) is 5.92 Å². The molecule has 0 amide bonds. The Morgan fingerprint density at radius 2 is 1.82 bits per heavy atom. The van der Waals surface area contributed by atoms with Crippen molar-refractivity contribution in [1.29, 1.82) is 0 Å². The first-order chi connectivity index (χ1) is 7.51. The van der Waals surface area contributed by atoms with Crippen LogP contribution in [0.1, 0.15) is 40.5 Å². The van der Waals surface area contributed by atoms with Gasteiger partial charge >= 0.3 is 12.1 Å². The summed E-state index contributed by atoms with van der Waals surface area (Å²) in [6.45, 7) is 5.42. The van der Waals surface area contributed by atoms with E-state index in [1.807, 2.05) is 0 Å². The molecule has 0 aromatic rings. The number of alkyl halides is 3. The Bertz CT molecular complexity index is 261. The Kier molecular flexibility index (Phi) is 5.45. The molecule has 3 unspecified atom stereocenters. The van der Waals surface area contributed by atoms with Crippen LogP contribution >= 0.6 is 0 Å². The first kappa shape index (κ1) is 16.2. The molecule has 0 aliphatic rings. The molecule has 17 heavy (non-hydrogen) atoms. The molecule has 0 aliphatic heterocycles. The van der Waals surface area contributed by atoms with E-state index in [0.717, 1.165) is 0 Å². The van der Waals surface area contributed by atoms with Crippen LogP contribution in [0.4, 0.5) is 13.2 Å². The first-order valence-corrected chi connectivity index (χ1v) is 5.51. The molecule has 0 bridgehead atoms. The smallest absolute Gasteiger partial charge is 0.417 e. The fraction of sp³-hybridized carbons (Fsp3) is 0.909. The summed E-state index contributed by atoms with van der Waals surface area (Å²) in [5.41, 5.74) is -2.85. The highest BCUT2D eigenvalue weighted by Crippen LogP contribution is 2.34. The van der Waals surface area contributed by atoms with Crippen LogP contribution < -0.4 is 0 Å². The lowest BCUT2D eigenvalue weighted by molar-refractivity contribution is -0.261. The van der Waals surface area contributed by atoms with Crippen molar-refractivity contribution in [3.63, 3.8) is 0 Å². The average Bonchev–Trinajstić information content (AvgIpc) is 2.13. The predicted molar refractivity (Wildman–Crippen MR) is 56.3 cm³/mol. The fourth-order valence-corrected chi connectivity index (χ4v) is 1.20. The molecule has 0 heterocycles. The second-order valence-corrected chi connectivity index (χ2v) is 4.53. The predicted octanol–water partition coefficient (Wildman–Crippen LogP) is 2.67. The lowest BCUT2D eigenvalue weighted by Gasteiger charge is -2.29. The molecule has 0 aliphatic carbocycles. The first-order valence-electron chi connectivity index (χ1n) is 5.51. The molecule has 0 saturated heterocycles. The second kappa shape index (κ2) is 5.71. The van der Waals surface area contributed by atoms with Gasteiger partial charge in [0.05, 0.1) is 5.92 Å². The van der Waals surface area contributed by atoms with E-state index in [1.165, 1.54) is 6.92 Å². The Labute approximate surface area is 99.0 Å². The van der Waals surface area contributed by atoms with E-state index in [9.17, 15) is 23.1 Å². The maximum absolute atomic E-state index is 12.4. The minimum Gasteiger partial charge on any atom is -0.462 e. The third-order valence-electron chi connectivity index (χ3n) is 2.63. The maximum Gasteiger partial charge on any atom is 0.417 e. The zero-order chi connectivity index (χ0) is 13.9. The zero-order valence-corrected chi connectivity index (χ0v) is 10.5. The number of esters is 1. The molecule has 0 rings (SSSR count). The molecule has 0 fully saturated rings. The maximum atomic E-state index is 12.4.